The Morgan fingerprint density at radius 1 is 0.767 bits per heavy atom. The van der Waals surface area contributed by atoms with E-state index in [9.17, 15) is 9.59 Å². The van der Waals surface area contributed by atoms with Gasteiger partial charge in [0.15, 0.2) is 0 Å². The van der Waals surface area contributed by atoms with Crippen LogP contribution in [0.5, 0.6) is 0 Å². The van der Waals surface area contributed by atoms with E-state index in [0.29, 0.717) is 13.0 Å². The lowest BCUT2D eigenvalue weighted by molar-refractivity contribution is -0.140. The van der Waals surface area contributed by atoms with Crippen LogP contribution < -0.4 is 0 Å². The molecule has 3 aromatic carbocycles. The van der Waals surface area contributed by atoms with Crippen LogP contribution in [0.25, 0.3) is 0 Å². The van der Waals surface area contributed by atoms with Crippen molar-refractivity contribution in [3.8, 4) is 0 Å². The maximum absolute atomic E-state index is 13.7. The first-order chi connectivity index (χ1) is 14.6. The van der Waals surface area contributed by atoms with Crippen molar-refractivity contribution in [2.24, 2.45) is 11.8 Å². The van der Waals surface area contributed by atoms with Crippen LogP contribution >= 0.6 is 0 Å². The van der Waals surface area contributed by atoms with Gasteiger partial charge in [0.2, 0.25) is 11.8 Å². The molecule has 2 amide bonds. The van der Waals surface area contributed by atoms with Crippen LogP contribution in [0, 0.1) is 11.8 Å². The Hall–Kier alpha value is -3.20. The molecule has 4 aliphatic rings. The van der Waals surface area contributed by atoms with E-state index in [2.05, 4.69) is 67.6 Å². The summed E-state index contributed by atoms with van der Waals surface area (Å²) in [6, 6.07) is 26.9. The van der Waals surface area contributed by atoms with Crippen molar-refractivity contribution in [1.29, 1.82) is 0 Å². The fraction of sp³-hybridized carbons (Fsp3) is 0.259. The van der Waals surface area contributed by atoms with Crippen LogP contribution in [0.4, 0.5) is 0 Å². The number of rotatable bonds is 3. The number of benzene rings is 3. The molecular weight excluding hydrogens is 370 g/mol. The van der Waals surface area contributed by atoms with Crippen LogP contribution in [0.2, 0.25) is 0 Å². The summed E-state index contributed by atoms with van der Waals surface area (Å²) in [5, 5.41) is 0. The quantitative estimate of drug-likeness (QED) is 0.623. The van der Waals surface area contributed by atoms with Gasteiger partial charge in [-0.3, -0.25) is 14.5 Å². The molecule has 1 heterocycles. The molecule has 1 aliphatic heterocycles. The normalized spacial score (nSPS) is 28.3. The molecule has 148 valence electrons. The number of amides is 2. The second-order valence-corrected chi connectivity index (χ2v) is 8.92. The second-order valence-electron chi connectivity index (χ2n) is 8.92. The van der Waals surface area contributed by atoms with Crippen molar-refractivity contribution in [2.75, 3.05) is 6.54 Å². The zero-order valence-electron chi connectivity index (χ0n) is 16.9. The summed E-state index contributed by atoms with van der Waals surface area (Å²) < 4.78 is 0. The van der Waals surface area contributed by atoms with Gasteiger partial charge in [0.05, 0.1) is 11.8 Å². The fourth-order valence-electron chi connectivity index (χ4n) is 6.32. The van der Waals surface area contributed by atoms with E-state index in [0.717, 1.165) is 5.56 Å². The predicted molar refractivity (Wildman–Crippen MR) is 115 cm³/mol. The molecule has 0 radical (unpaired) electrons. The average molecular weight is 393 g/mol. The number of nitrogens with zero attached hydrogens (tertiary/aromatic N) is 1. The molecular formula is C27H23NO2. The summed E-state index contributed by atoms with van der Waals surface area (Å²) in [5.41, 5.74) is 5.52. The molecule has 0 spiro atoms. The molecule has 0 N–H and O–H groups in total. The average Bonchev–Trinajstić information content (AvgIpc) is 3.05. The molecule has 3 nitrogen and oxygen atoms in total. The molecule has 3 heteroatoms. The van der Waals surface area contributed by atoms with Crippen molar-refractivity contribution >= 4 is 11.8 Å². The third-order valence-corrected chi connectivity index (χ3v) is 7.60. The number of carbonyl (C=O) groups is 2. The van der Waals surface area contributed by atoms with Gasteiger partial charge in [-0.25, -0.2) is 0 Å². The topological polar surface area (TPSA) is 37.4 Å². The van der Waals surface area contributed by atoms with E-state index < -0.39 is 5.41 Å². The highest BCUT2D eigenvalue weighted by atomic mass is 16.2. The van der Waals surface area contributed by atoms with Crippen molar-refractivity contribution in [1.82, 2.24) is 4.90 Å². The predicted octanol–water partition coefficient (Wildman–Crippen LogP) is 4.30. The fourth-order valence-corrected chi connectivity index (χ4v) is 6.32. The van der Waals surface area contributed by atoms with Gasteiger partial charge >= 0.3 is 0 Å². The minimum atomic E-state index is -0.471. The van der Waals surface area contributed by atoms with Crippen LogP contribution in [0.15, 0.2) is 78.9 Å². The first kappa shape index (κ1) is 17.6. The van der Waals surface area contributed by atoms with Gasteiger partial charge in [-0.2, -0.15) is 0 Å². The minimum Gasteiger partial charge on any atom is -0.282 e. The Kier molecular flexibility index (Phi) is 3.62. The summed E-state index contributed by atoms with van der Waals surface area (Å²) in [6.45, 7) is 2.62. The summed E-state index contributed by atoms with van der Waals surface area (Å²) in [6.07, 6.45) is 0.693. The lowest BCUT2D eigenvalue weighted by atomic mass is 9.48. The van der Waals surface area contributed by atoms with E-state index >= 15 is 0 Å². The zero-order valence-corrected chi connectivity index (χ0v) is 16.9. The van der Waals surface area contributed by atoms with Gasteiger partial charge in [-0.15, -0.1) is 0 Å². The maximum atomic E-state index is 13.7. The molecule has 2 atom stereocenters. The Bertz CT molecular complexity index is 1130. The molecule has 2 bridgehead atoms. The van der Waals surface area contributed by atoms with E-state index in [-0.39, 0.29) is 29.6 Å². The monoisotopic (exact) mass is 393 g/mol. The van der Waals surface area contributed by atoms with E-state index in [1.807, 2.05) is 18.2 Å². The Balaban J connectivity index is 1.46. The van der Waals surface area contributed by atoms with Gasteiger partial charge < -0.3 is 0 Å². The number of carbonyl (C=O) groups excluding carboxylic acids is 2. The zero-order chi connectivity index (χ0) is 20.5. The summed E-state index contributed by atoms with van der Waals surface area (Å²) in [5.74, 6) is -0.667. The van der Waals surface area contributed by atoms with Crippen molar-refractivity contribution in [3.05, 3.63) is 107 Å². The number of imide groups is 1. The minimum absolute atomic E-state index is 0.00108. The Morgan fingerprint density at radius 2 is 1.33 bits per heavy atom. The third-order valence-electron chi connectivity index (χ3n) is 7.60. The number of likely N-dealkylation sites (tertiary alicyclic amines) is 1. The molecule has 7 rings (SSSR count). The van der Waals surface area contributed by atoms with Crippen molar-refractivity contribution in [3.63, 3.8) is 0 Å². The molecule has 30 heavy (non-hydrogen) atoms. The van der Waals surface area contributed by atoms with Crippen molar-refractivity contribution in [2.45, 2.75) is 24.7 Å². The SMILES string of the molecule is CC12c3ccccc3C(c3ccccc31)C1C(=O)N(CCc3ccccc3)C(=O)C12. The summed E-state index contributed by atoms with van der Waals surface area (Å²) in [7, 11) is 0. The molecule has 0 aromatic heterocycles. The van der Waals surface area contributed by atoms with Crippen molar-refractivity contribution < 1.29 is 9.59 Å². The van der Waals surface area contributed by atoms with Gasteiger partial charge in [0.25, 0.3) is 0 Å². The highest BCUT2D eigenvalue weighted by Gasteiger charge is 2.66. The van der Waals surface area contributed by atoms with Crippen LogP contribution in [0.3, 0.4) is 0 Å². The van der Waals surface area contributed by atoms with Crippen LogP contribution in [-0.4, -0.2) is 23.3 Å². The standard InChI is InChI=1S/C27H23NO2/c1-27-20-13-7-5-11-18(20)22(19-12-6-8-14-21(19)27)23-24(27)26(30)28(25(23)29)16-15-17-9-3-2-4-10-17/h2-14,22-24H,15-16H2,1H3. The molecule has 2 unspecified atom stereocenters. The van der Waals surface area contributed by atoms with Crippen LogP contribution in [-0.2, 0) is 21.4 Å². The van der Waals surface area contributed by atoms with Gasteiger partial charge in [0.1, 0.15) is 0 Å². The van der Waals surface area contributed by atoms with E-state index in [1.165, 1.54) is 22.3 Å². The first-order valence-corrected chi connectivity index (χ1v) is 10.7. The maximum Gasteiger partial charge on any atom is 0.234 e. The summed E-state index contributed by atoms with van der Waals surface area (Å²) in [4.78, 5) is 28.9. The molecule has 3 aliphatic carbocycles. The first-order valence-electron chi connectivity index (χ1n) is 10.7. The largest absolute Gasteiger partial charge is 0.282 e. The highest BCUT2D eigenvalue weighted by molar-refractivity contribution is 6.08. The lowest BCUT2D eigenvalue weighted by Gasteiger charge is -2.52. The Labute approximate surface area is 176 Å². The smallest absolute Gasteiger partial charge is 0.234 e. The van der Waals surface area contributed by atoms with Gasteiger partial charge in [-0.1, -0.05) is 85.8 Å². The van der Waals surface area contributed by atoms with Crippen LogP contribution in [0.1, 0.15) is 40.7 Å². The summed E-state index contributed by atoms with van der Waals surface area (Å²) >= 11 is 0. The third kappa shape index (κ3) is 2.10. The molecule has 1 saturated heterocycles. The number of hydrogen-bond acceptors (Lipinski definition) is 2. The van der Waals surface area contributed by atoms with Gasteiger partial charge in [0, 0.05) is 17.9 Å². The van der Waals surface area contributed by atoms with E-state index in [1.54, 1.807) is 4.90 Å². The second kappa shape index (κ2) is 6.15. The highest BCUT2D eigenvalue weighted by Crippen LogP contribution is 2.63. The molecule has 1 fully saturated rings. The molecule has 0 saturated carbocycles. The number of hydrogen-bond donors (Lipinski definition) is 0. The Morgan fingerprint density at radius 3 is 1.97 bits per heavy atom. The lowest BCUT2D eigenvalue weighted by Crippen LogP contribution is -2.51. The van der Waals surface area contributed by atoms with Gasteiger partial charge in [-0.05, 0) is 34.2 Å². The molecule has 3 aromatic rings. The van der Waals surface area contributed by atoms with E-state index in [4.69, 9.17) is 0 Å².